The monoisotopic (exact) mass is 221 g/mol. The average Bonchev–Trinajstić information content (AvgIpc) is 2.39. The van der Waals surface area contributed by atoms with E-state index in [0.29, 0.717) is 5.82 Å². The van der Waals surface area contributed by atoms with E-state index in [4.69, 9.17) is 0 Å². The summed E-state index contributed by atoms with van der Waals surface area (Å²) in [5, 5.41) is 8.36. The molecule has 0 saturated heterocycles. The van der Waals surface area contributed by atoms with E-state index in [2.05, 4.69) is 15.2 Å². The van der Waals surface area contributed by atoms with Gasteiger partial charge >= 0.3 is 0 Å². The maximum Gasteiger partial charge on any atom is 0.182 e. The first-order valence-electron chi connectivity index (χ1n) is 5.49. The van der Waals surface area contributed by atoms with Crippen LogP contribution in [0, 0.1) is 6.92 Å². The summed E-state index contributed by atoms with van der Waals surface area (Å²) in [6.07, 6.45) is 0. The highest BCUT2D eigenvalue weighted by atomic mass is 15.1. The molecule has 3 heteroatoms. The number of hydrogen-bond acceptors (Lipinski definition) is 3. The quantitative estimate of drug-likeness (QED) is 0.634. The van der Waals surface area contributed by atoms with Crippen molar-refractivity contribution in [1.29, 1.82) is 0 Å². The molecule has 0 atom stereocenters. The van der Waals surface area contributed by atoms with Gasteiger partial charge in [0.05, 0.1) is 5.52 Å². The molecule has 0 amide bonds. The van der Waals surface area contributed by atoms with Crippen molar-refractivity contribution in [3.05, 3.63) is 54.1 Å². The van der Waals surface area contributed by atoms with Gasteiger partial charge in [-0.1, -0.05) is 36.4 Å². The molecule has 1 aromatic heterocycles. The molecule has 3 nitrogen and oxygen atoms in total. The van der Waals surface area contributed by atoms with Crippen molar-refractivity contribution in [2.24, 2.45) is 0 Å². The third-order valence-corrected chi connectivity index (χ3v) is 2.64. The molecule has 0 fully saturated rings. The number of nitrogens with zero attached hydrogens (tertiary/aromatic N) is 3. The molecule has 0 bridgehead atoms. The van der Waals surface area contributed by atoms with Crippen molar-refractivity contribution in [3.8, 4) is 11.4 Å². The van der Waals surface area contributed by atoms with Gasteiger partial charge in [0, 0.05) is 5.56 Å². The first-order valence-corrected chi connectivity index (χ1v) is 5.49. The van der Waals surface area contributed by atoms with Gasteiger partial charge in [-0.05, 0) is 24.6 Å². The topological polar surface area (TPSA) is 38.7 Å². The molecule has 0 aliphatic carbocycles. The maximum atomic E-state index is 4.51. The first-order chi connectivity index (χ1) is 8.33. The Morgan fingerprint density at radius 2 is 1.65 bits per heavy atom. The highest BCUT2D eigenvalue weighted by molar-refractivity contribution is 5.76. The summed E-state index contributed by atoms with van der Waals surface area (Å²) in [6.45, 7) is 2.03. The minimum atomic E-state index is 0.668. The van der Waals surface area contributed by atoms with Crippen LogP contribution in [0.15, 0.2) is 48.5 Å². The molecule has 0 aliphatic rings. The molecule has 17 heavy (non-hydrogen) atoms. The number of fused-ring (bicyclic) bond motifs is 1. The third-order valence-electron chi connectivity index (χ3n) is 2.64. The van der Waals surface area contributed by atoms with Crippen molar-refractivity contribution < 1.29 is 0 Å². The van der Waals surface area contributed by atoms with Crippen LogP contribution in [0.2, 0.25) is 0 Å². The van der Waals surface area contributed by atoms with Gasteiger partial charge in [-0.25, -0.2) is 4.98 Å². The summed E-state index contributed by atoms with van der Waals surface area (Å²) in [5.41, 5.74) is 3.87. The minimum absolute atomic E-state index is 0.668. The van der Waals surface area contributed by atoms with Crippen LogP contribution in [0.3, 0.4) is 0 Å². The van der Waals surface area contributed by atoms with Crippen LogP contribution in [0.25, 0.3) is 22.4 Å². The van der Waals surface area contributed by atoms with Crippen molar-refractivity contribution in [2.45, 2.75) is 6.92 Å². The number of aryl methyl sites for hydroxylation is 1. The minimum Gasteiger partial charge on any atom is -0.225 e. The third kappa shape index (κ3) is 1.87. The van der Waals surface area contributed by atoms with Gasteiger partial charge in [-0.3, -0.25) is 0 Å². The number of aromatic nitrogens is 3. The summed E-state index contributed by atoms with van der Waals surface area (Å²) in [7, 11) is 0. The van der Waals surface area contributed by atoms with Gasteiger partial charge < -0.3 is 0 Å². The fraction of sp³-hybridized carbons (Fsp3) is 0.0714. The Morgan fingerprint density at radius 3 is 2.47 bits per heavy atom. The van der Waals surface area contributed by atoms with E-state index in [1.807, 2.05) is 55.5 Å². The summed E-state index contributed by atoms with van der Waals surface area (Å²) in [5.74, 6) is 0.668. The van der Waals surface area contributed by atoms with Crippen LogP contribution < -0.4 is 0 Å². The summed E-state index contributed by atoms with van der Waals surface area (Å²) in [6, 6.07) is 15.9. The zero-order valence-electron chi connectivity index (χ0n) is 9.46. The second-order valence-electron chi connectivity index (χ2n) is 3.99. The molecule has 0 spiro atoms. The lowest BCUT2D eigenvalue weighted by Gasteiger charge is -2.01. The fourth-order valence-electron chi connectivity index (χ4n) is 1.76. The number of benzene rings is 2. The average molecular weight is 221 g/mol. The molecular formula is C14H11N3. The van der Waals surface area contributed by atoms with Crippen LogP contribution in [0.4, 0.5) is 0 Å². The van der Waals surface area contributed by atoms with E-state index in [0.717, 1.165) is 16.6 Å². The lowest BCUT2D eigenvalue weighted by molar-refractivity contribution is 1.03. The summed E-state index contributed by atoms with van der Waals surface area (Å²) in [4.78, 5) is 4.51. The van der Waals surface area contributed by atoms with Gasteiger partial charge in [0.25, 0.3) is 0 Å². The van der Waals surface area contributed by atoms with Crippen LogP contribution in [0.1, 0.15) is 5.56 Å². The Labute approximate surface area is 99.2 Å². The highest BCUT2D eigenvalue weighted by Gasteiger charge is 2.03. The Kier molecular flexibility index (Phi) is 2.29. The highest BCUT2D eigenvalue weighted by Crippen LogP contribution is 2.16. The van der Waals surface area contributed by atoms with Crippen molar-refractivity contribution >= 4 is 11.0 Å². The molecule has 3 aromatic rings. The van der Waals surface area contributed by atoms with E-state index in [-0.39, 0.29) is 0 Å². The molecule has 0 aliphatic heterocycles. The van der Waals surface area contributed by atoms with Crippen molar-refractivity contribution in [1.82, 2.24) is 15.2 Å². The van der Waals surface area contributed by atoms with E-state index >= 15 is 0 Å². The summed E-state index contributed by atoms with van der Waals surface area (Å²) < 4.78 is 0. The Bertz CT molecular complexity index is 663. The second kappa shape index (κ2) is 3.94. The molecule has 82 valence electrons. The van der Waals surface area contributed by atoms with E-state index in [1.165, 1.54) is 5.56 Å². The van der Waals surface area contributed by atoms with E-state index in [9.17, 15) is 0 Å². The zero-order chi connectivity index (χ0) is 11.7. The van der Waals surface area contributed by atoms with E-state index in [1.54, 1.807) is 0 Å². The smallest absolute Gasteiger partial charge is 0.182 e. The molecule has 0 radical (unpaired) electrons. The fourth-order valence-corrected chi connectivity index (χ4v) is 1.76. The lowest BCUT2D eigenvalue weighted by atomic mass is 10.2. The van der Waals surface area contributed by atoms with Crippen molar-refractivity contribution in [2.75, 3.05) is 0 Å². The molecule has 3 rings (SSSR count). The van der Waals surface area contributed by atoms with Gasteiger partial charge in [0.1, 0.15) is 5.52 Å². The maximum absolute atomic E-state index is 4.51. The van der Waals surface area contributed by atoms with Crippen LogP contribution in [-0.4, -0.2) is 15.2 Å². The molecule has 0 saturated carbocycles. The van der Waals surface area contributed by atoms with Gasteiger partial charge in [-0.15, -0.1) is 10.2 Å². The number of hydrogen-bond donors (Lipinski definition) is 0. The molecule has 1 heterocycles. The van der Waals surface area contributed by atoms with Crippen LogP contribution >= 0.6 is 0 Å². The molecule has 0 unspecified atom stereocenters. The van der Waals surface area contributed by atoms with Gasteiger partial charge in [0.15, 0.2) is 5.82 Å². The molecule has 0 N–H and O–H groups in total. The molecular weight excluding hydrogens is 210 g/mol. The Hall–Kier alpha value is -2.29. The standard InChI is InChI=1S/C14H11N3/c1-10-7-8-12-13(9-10)16-17-14(15-12)11-5-3-2-4-6-11/h2-9H,1H3. The first kappa shape index (κ1) is 9.90. The number of rotatable bonds is 1. The van der Waals surface area contributed by atoms with E-state index < -0.39 is 0 Å². The van der Waals surface area contributed by atoms with Gasteiger partial charge in [0.2, 0.25) is 0 Å². The zero-order valence-corrected chi connectivity index (χ0v) is 9.46. The Morgan fingerprint density at radius 1 is 0.824 bits per heavy atom. The molecule has 2 aromatic carbocycles. The predicted molar refractivity (Wildman–Crippen MR) is 67.5 cm³/mol. The summed E-state index contributed by atoms with van der Waals surface area (Å²) >= 11 is 0. The van der Waals surface area contributed by atoms with Crippen LogP contribution in [-0.2, 0) is 0 Å². The largest absolute Gasteiger partial charge is 0.225 e. The van der Waals surface area contributed by atoms with Crippen molar-refractivity contribution in [3.63, 3.8) is 0 Å². The lowest BCUT2D eigenvalue weighted by Crippen LogP contribution is -1.94. The van der Waals surface area contributed by atoms with Gasteiger partial charge in [-0.2, -0.15) is 0 Å². The second-order valence-corrected chi connectivity index (χ2v) is 3.99. The SMILES string of the molecule is Cc1ccc2nc(-c3ccccc3)nnc2c1. The Balaban J connectivity index is 2.17. The predicted octanol–water partition coefficient (Wildman–Crippen LogP) is 3.00. The normalized spacial score (nSPS) is 10.6. The van der Waals surface area contributed by atoms with Crippen LogP contribution in [0.5, 0.6) is 0 Å².